The van der Waals surface area contributed by atoms with Gasteiger partial charge in [-0.1, -0.05) is 0 Å². The molecular formula is C18H29N5O3. The molecule has 2 aliphatic carbocycles. The van der Waals surface area contributed by atoms with Crippen LogP contribution in [-0.4, -0.2) is 52.4 Å². The Kier molecular flexibility index (Phi) is 6.26. The molecule has 144 valence electrons. The summed E-state index contributed by atoms with van der Waals surface area (Å²) >= 11 is 0. The largest absolute Gasteiger partial charge is 0.393 e. The monoisotopic (exact) mass is 363 g/mol. The predicted molar refractivity (Wildman–Crippen MR) is 99.1 cm³/mol. The van der Waals surface area contributed by atoms with Gasteiger partial charge in [-0.2, -0.15) is 4.98 Å². The average Bonchev–Trinajstić information content (AvgIpc) is 2.62. The number of aliphatic hydroxyl groups is 1. The van der Waals surface area contributed by atoms with Gasteiger partial charge >= 0.3 is 0 Å². The number of nitrogens with zero attached hydrogens (tertiary/aromatic N) is 2. The molecule has 0 spiro atoms. The van der Waals surface area contributed by atoms with Gasteiger partial charge in [-0.25, -0.2) is 4.98 Å². The standard InChI is InChI=1S/C18H29N5O3/c1-26-14-7-5-11(6-8-14)22-18-20-10-15(16(19)25)17(23-18)21-12-3-2-4-13(24)9-12/h10-14,24H,2-9H2,1H3,(H2,19,25)(H2,20,21,22,23)/t11?,12-,13-,14?/m1/s1. The van der Waals surface area contributed by atoms with Crippen molar-refractivity contribution in [3.05, 3.63) is 11.8 Å². The summed E-state index contributed by atoms with van der Waals surface area (Å²) in [6.07, 6.45) is 8.86. The second kappa shape index (κ2) is 8.64. The Morgan fingerprint density at radius 2 is 1.96 bits per heavy atom. The van der Waals surface area contributed by atoms with Gasteiger partial charge in [-0.05, 0) is 51.4 Å². The molecule has 0 unspecified atom stereocenters. The smallest absolute Gasteiger partial charge is 0.254 e. The van der Waals surface area contributed by atoms with E-state index in [-0.39, 0.29) is 17.7 Å². The number of primary amides is 1. The second-order valence-corrected chi connectivity index (χ2v) is 7.34. The van der Waals surface area contributed by atoms with Crippen LogP contribution in [0.1, 0.15) is 61.7 Å². The van der Waals surface area contributed by atoms with Crippen molar-refractivity contribution in [2.24, 2.45) is 5.73 Å². The molecule has 1 aromatic heterocycles. The van der Waals surface area contributed by atoms with Crippen LogP contribution in [0.25, 0.3) is 0 Å². The van der Waals surface area contributed by atoms with Crippen molar-refractivity contribution in [1.29, 1.82) is 0 Å². The van der Waals surface area contributed by atoms with Crippen LogP contribution < -0.4 is 16.4 Å². The summed E-state index contributed by atoms with van der Waals surface area (Å²) in [6, 6.07) is 0.377. The number of hydrogen-bond acceptors (Lipinski definition) is 7. The summed E-state index contributed by atoms with van der Waals surface area (Å²) in [6.45, 7) is 0. The van der Waals surface area contributed by atoms with Gasteiger partial charge in [0.25, 0.3) is 5.91 Å². The zero-order valence-corrected chi connectivity index (χ0v) is 15.3. The molecule has 8 nitrogen and oxygen atoms in total. The van der Waals surface area contributed by atoms with E-state index in [2.05, 4.69) is 20.6 Å². The molecule has 5 N–H and O–H groups in total. The van der Waals surface area contributed by atoms with Crippen molar-refractivity contribution in [2.75, 3.05) is 17.7 Å². The average molecular weight is 363 g/mol. The van der Waals surface area contributed by atoms with Gasteiger partial charge in [-0.15, -0.1) is 0 Å². The molecule has 0 radical (unpaired) electrons. The quantitative estimate of drug-likeness (QED) is 0.606. The van der Waals surface area contributed by atoms with Gasteiger partial charge in [0.2, 0.25) is 5.95 Å². The maximum Gasteiger partial charge on any atom is 0.254 e. The Morgan fingerprint density at radius 1 is 1.19 bits per heavy atom. The first-order chi connectivity index (χ1) is 12.5. The van der Waals surface area contributed by atoms with E-state index in [0.717, 1.165) is 44.9 Å². The van der Waals surface area contributed by atoms with Gasteiger partial charge < -0.3 is 26.2 Å². The molecule has 1 amide bonds. The van der Waals surface area contributed by atoms with E-state index in [9.17, 15) is 9.90 Å². The number of amides is 1. The third-order valence-electron chi connectivity index (χ3n) is 5.38. The fourth-order valence-corrected chi connectivity index (χ4v) is 3.86. The number of methoxy groups -OCH3 is 1. The highest BCUT2D eigenvalue weighted by Gasteiger charge is 2.24. The number of hydrogen-bond donors (Lipinski definition) is 4. The number of ether oxygens (including phenoxy) is 1. The summed E-state index contributed by atoms with van der Waals surface area (Å²) in [7, 11) is 1.75. The van der Waals surface area contributed by atoms with Gasteiger partial charge in [0, 0.05) is 25.4 Å². The van der Waals surface area contributed by atoms with Crippen LogP contribution in [-0.2, 0) is 4.74 Å². The molecule has 3 rings (SSSR count). The van der Waals surface area contributed by atoms with Crippen LogP contribution in [0, 0.1) is 0 Å². The van der Waals surface area contributed by atoms with Crippen molar-refractivity contribution in [1.82, 2.24) is 9.97 Å². The van der Waals surface area contributed by atoms with E-state index in [4.69, 9.17) is 10.5 Å². The van der Waals surface area contributed by atoms with Crippen LogP contribution >= 0.6 is 0 Å². The molecule has 0 bridgehead atoms. The van der Waals surface area contributed by atoms with Crippen molar-refractivity contribution in [2.45, 2.75) is 75.7 Å². The Hall–Kier alpha value is -1.93. The maximum absolute atomic E-state index is 11.7. The minimum atomic E-state index is -0.559. The molecule has 2 aliphatic rings. The van der Waals surface area contributed by atoms with Crippen molar-refractivity contribution < 1.29 is 14.6 Å². The van der Waals surface area contributed by atoms with Gasteiger partial charge in [0.05, 0.1) is 17.8 Å². The zero-order chi connectivity index (χ0) is 18.5. The highest BCUT2D eigenvalue weighted by Crippen LogP contribution is 2.25. The summed E-state index contributed by atoms with van der Waals surface area (Å²) in [5.74, 6) is 0.380. The molecule has 2 saturated carbocycles. The summed E-state index contributed by atoms with van der Waals surface area (Å²) in [4.78, 5) is 20.5. The number of anilines is 2. The highest BCUT2D eigenvalue weighted by molar-refractivity contribution is 5.97. The number of rotatable bonds is 6. The molecule has 8 heteroatoms. The third-order valence-corrected chi connectivity index (χ3v) is 5.38. The topological polar surface area (TPSA) is 122 Å². The number of nitrogens with one attached hydrogen (secondary N) is 2. The lowest BCUT2D eigenvalue weighted by Crippen LogP contribution is -2.32. The van der Waals surface area contributed by atoms with Crippen LogP contribution in [0.5, 0.6) is 0 Å². The SMILES string of the molecule is COC1CCC(Nc2ncc(C(N)=O)c(N[C@@H]3CCC[C@@H](O)C3)n2)CC1. The molecule has 2 atom stereocenters. The Balaban J connectivity index is 1.68. The van der Waals surface area contributed by atoms with E-state index in [1.165, 1.54) is 6.20 Å². The molecule has 1 aromatic rings. The number of nitrogens with two attached hydrogens (primary N) is 1. The van der Waals surface area contributed by atoms with E-state index in [0.29, 0.717) is 30.3 Å². The molecule has 0 aliphatic heterocycles. The normalized spacial score (nSPS) is 29.2. The van der Waals surface area contributed by atoms with Crippen LogP contribution in [0.3, 0.4) is 0 Å². The molecule has 2 fully saturated rings. The van der Waals surface area contributed by atoms with E-state index < -0.39 is 5.91 Å². The number of carbonyl (C=O) groups excluding carboxylic acids is 1. The highest BCUT2D eigenvalue weighted by atomic mass is 16.5. The maximum atomic E-state index is 11.7. The summed E-state index contributed by atoms with van der Waals surface area (Å²) < 4.78 is 5.40. The molecule has 0 aromatic carbocycles. The Morgan fingerprint density at radius 3 is 2.62 bits per heavy atom. The van der Waals surface area contributed by atoms with Crippen LogP contribution in [0.2, 0.25) is 0 Å². The van der Waals surface area contributed by atoms with Gasteiger partial charge in [-0.3, -0.25) is 4.79 Å². The number of aromatic nitrogens is 2. The van der Waals surface area contributed by atoms with Crippen LogP contribution in [0.15, 0.2) is 6.20 Å². The van der Waals surface area contributed by atoms with Crippen molar-refractivity contribution >= 4 is 17.7 Å². The molecule has 26 heavy (non-hydrogen) atoms. The first-order valence-electron chi connectivity index (χ1n) is 9.46. The molecule has 1 heterocycles. The molecule has 0 saturated heterocycles. The Labute approximate surface area is 153 Å². The first kappa shape index (κ1) is 18.8. The lowest BCUT2D eigenvalue weighted by Gasteiger charge is -2.29. The number of aliphatic hydroxyl groups excluding tert-OH is 1. The van der Waals surface area contributed by atoms with Crippen molar-refractivity contribution in [3.8, 4) is 0 Å². The summed E-state index contributed by atoms with van der Waals surface area (Å²) in [5, 5.41) is 16.5. The van der Waals surface area contributed by atoms with E-state index >= 15 is 0 Å². The minimum absolute atomic E-state index is 0.0803. The third kappa shape index (κ3) is 4.82. The lowest BCUT2D eigenvalue weighted by atomic mass is 9.93. The van der Waals surface area contributed by atoms with Crippen LogP contribution in [0.4, 0.5) is 11.8 Å². The van der Waals surface area contributed by atoms with E-state index in [1.807, 2.05) is 0 Å². The zero-order valence-electron chi connectivity index (χ0n) is 15.3. The molecular weight excluding hydrogens is 334 g/mol. The Bertz CT molecular complexity index is 619. The lowest BCUT2D eigenvalue weighted by molar-refractivity contribution is 0.0681. The van der Waals surface area contributed by atoms with Crippen molar-refractivity contribution in [3.63, 3.8) is 0 Å². The van der Waals surface area contributed by atoms with Gasteiger partial charge in [0.15, 0.2) is 0 Å². The minimum Gasteiger partial charge on any atom is -0.393 e. The number of carbonyl (C=O) groups is 1. The summed E-state index contributed by atoms with van der Waals surface area (Å²) in [5.41, 5.74) is 5.75. The fraction of sp³-hybridized carbons (Fsp3) is 0.722. The fourth-order valence-electron chi connectivity index (χ4n) is 3.86. The predicted octanol–water partition coefficient (Wildman–Crippen LogP) is 1.66. The first-order valence-corrected chi connectivity index (χ1v) is 9.46. The van der Waals surface area contributed by atoms with Gasteiger partial charge in [0.1, 0.15) is 5.82 Å². The van der Waals surface area contributed by atoms with E-state index in [1.54, 1.807) is 7.11 Å². The second-order valence-electron chi connectivity index (χ2n) is 7.34.